The lowest BCUT2D eigenvalue weighted by atomic mass is 10.2. The second-order valence-electron chi connectivity index (χ2n) is 2.54. The van der Waals surface area contributed by atoms with Gasteiger partial charge in [-0.3, -0.25) is 0 Å². The zero-order valence-corrected chi connectivity index (χ0v) is 7.53. The SMILES string of the molecule is OC(Cc1nccs1)c1cn[nH]n1. The van der Waals surface area contributed by atoms with E-state index < -0.39 is 6.10 Å². The molecule has 2 rings (SSSR count). The maximum Gasteiger partial charge on any atom is 0.111 e. The minimum Gasteiger partial charge on any atom is -0.386 e. The van der Waals surface area contributed by atoms with Crippen molar-refractivity contribution in [2.24, 2.45) is 0 Å². The van der Waals surface area contributed by atoms with Gasteiger partial charge in [0, 0.05) is 18.0 Å². The van der Waals surface area contributed by atoms with Crippen LogP contribution in [0.5, 0.6) is 0 Å². The van der Waals surface area contributed by atoms with E-state index in [1.54, 1.807) is 6.20 Å². The van der Waals surface area contributed by atoms with Gasteiger partial charge >= 0.3 is 0 Å². The Labute approximate surface area is 78.5 Å². The predicted molar refractivity (Wildman–Crippen MR) is 47.2 cm³/mol. The molecule has 0 saturated heterocycles. The fourth-order valence-electron chi connectivity index (χ4n) is 0.995. The number of rotatable bonds is 3. The van der Waals surface area contributed by atoms with Gasteiger partial charge in [-0.1, -0.05) is 0 Å². The van der Waals surface area contributed by atoms with E-state index in [4.69, 9.17) is 0 Å². The average Bonchev–Trinajstić information content (AvgIpc) is 2.74. The van der Waals surface area contributed by atoms with Crippen LogP contribution in [0.2, 0.25) is 0 Å². The summed E-state index contributed by atoms with van der Waals surface area (Å²) in [5, 5.41) is 22.3. The molecule has 0 aliphatic heterocycles. The molecule has 2 N–H and O–H groups in total. The van der Waals surface area contributed by atoms with E-state index in [0.717, 1.165) is 5.01 Å². The van der Waals surface area contributed by atoms with E-state index in [9.17, 15) is 5.11 Å². The number of aliphatic hydroxyl groups is 1. The van der Waals surface area contributed by atoms with Gasteiger partial charge < -0.3 is 5.11 Å². The summed E-state index contributed by atoms with van der Waals surface area (Å²) in [5.41, 5.74) is 0.551. The highest BCUT2D eigenvalue weighted by Gasteiger charge is 2.12. The average molecular weight is 196 g/mol. The van der Waals surface area contributed by atoms with Gasteiger partial charge in [-0.25, -0.2) is 4.98 Å². The number of H-pyrrole nitrogens is 1. The first-order chi connectivity index (χ1) is 6.36. The van der Waals surface area contributed by atoms with Gasteiger partial charge in [0.05, 0.1) is 11.2 Å². The highest BCUT2D eigenvalue weighted by atomic mass is 32.1. The van der Waals surface area contributed by atoms with Crippen LogP contribution in [-0.2, 0) is 6.42 Å². The highest BCUT2D eigenvalue weighted by molar-refractivity contribution is 7.09. The lowest BCUT2D eigenvalue weighted by molar-refractivity contribution is 0.173. The number of aliphatic hydroxyl groups excluding tert-OH is 1. The topological polar surface area (TPSA) is 74.7 Å². The Kier molecular flexibility index (Phi) is 2.33. The van der Waals surface area contributed by atoms with Crippen LogP contribution >= 0.6 is 11.3 Å². The second-order valence-corrected chi connectivity index (χ2v) is 3.52. The quantitative estimate of drug-likeness (QED) is 0.751. The molecular weight excluding hydrogens is 188 g/mol. The van der Waals surface area contributed by atoms with Gasteiger partial charge in [-0.2, -0.15) is 15.4 Å². The maximum atomic E-state index is 9.63. The molecule has 0 amide bonds. The molecule has 0 fully saturated rings. The van der Waals surface area contributed by atoms with Gasteiger partial charge in [0.15, 0.2) is 0 Å². The first-order valence-corrected chi connectivity index (χ1v) is 4.66. The Morgan fingerprint density at radius 1 is 1.62 bits per heavy atom. The lowest BCUT2D eigenvalue weighted by Gasteiger charge is -2.02. The van der Waals surface area contributed by atoms with Crippen molar-refractivity contribution < 1.29 is 5.11 Å². The van der Waals surface area contributed by atoms with Crippen molar-refractivity contribution in [3.63, 3.8) is 0 Å². The monoisotopic (exact) mass is 196 g/mol. The number of thiazole rings is 1. The molecule has 0 spiro atoms. The van der Waals surface area contributed by atoms with E-state index >= 15 is 0 Å². The van der Waals surface area contributed by atoms with Crippen molar-refractivity contribution in [3.05, 3.63) is 28.5 Å². The molecule has 0 saturated carbocycles. The highest BCUT2D eigenvalue weighted by Crippen LogP contribution is 2.16. The van der Waals surface area contributed by atoms with E-state index in [2.05, 4.69) is 20.4 Å². The van der Waals surface area contributed by atoms with Crippen molar-refractivity contribution in [1.82, 2.24) is 20.4 Å². The van der Waals surface area contributed by atoms with Crippen LogP contribution in [0, 0.1) is 0 Å². The van der Waals surface area contributed by atoms with Gasteiger partial charge in [0.25, 0.3) is 0 Å². The molecule has 1 unspecified atom stereocenters. The minimum absolute atomic E-state index is 0.490. The molecular formula is C7H8N4OS. The van der Waals surface area contributed by atoms with Crippen LogP contribution in [-0.4, -0.2) is 25.5 Å². The van der Waals surface area contributed by atoms with Gasteiger partial charge in [0.2, 0.25) is 0 Å². The molecule has 1 atom stereocenters. The molecule has 2 aromatic rings. The zero-order chi connectivity index (χ0) is 9.10. The van der Waals surface area contributed by atoms with Gasteiger partial charge in [0.1, 0.15) is 11.8 Å². The Balaban J connectivity index is 2.04. The number of nitrogens with zero attached hydrogens (tertiary/aromatic N) is 3. The van der Waals surface area contributed by atoms with Crippen LogP contribution in [0.4, 0.5) is 0 Å². The van der Waals surface area contributed by atoms with Crippen LogP contribution in [0.3, 0.4) is 0 Å². The van der Waals surface area contributed by atoms with Crippen molar-refractivity contribution >= 4 is 11.3 Å². The van der Waals surface area contributed by atoms with Crippen LogP contribution in [0.15, 0.2) is 17.8 Å². The van der Waals surface area contributed by atoms with Crippen molar-refractivity contribution in [2.45, 2.75) is 12.5 Å². The molecule has 0 bridgehead atoms. The smallest absolute Gasteiger partial charge is 0.111 e. The molecule has 0 aliphatic carbocycles. The fraction of sp³-hybridized carbons (Fsp3) is 0.286. The van der Waals surface area contributed by atoms with E-state index in [1.807, 2.05) is 5.38 Å². The Bertz CT molecular complexity index is 344. The van der Waals surface area contributed by atoms with E-state index in [-0.39, 0.29) is 0 Å². The Morgan fingerprint density at radius 2 is 2.54 bits per heavy atom. The standard InChI is InChI=1S/C7H8N4OS/c12-6(5-4-9-11-10-5)3-7-8-1-2-13-7/h1-2,4,6,12H,3H2,(H,9,10,11). The van der Waals surface area contributed by atoms with Crippen molar-refractivity contribution in [1.29, 1.82) is 0 Å². The van der Waals surface area contributed by atoms with Gasteiger partial charge in [-0.05, 0) is 0 Å². The molecule has 0 aliphatic rings. The van der Waals surface area contributed by atoms with Gasteiger partial charge in [-0.15, -0.1) is 11.3 Å². The van der Waals surface area contributed by atoms with Crippen molar-refractivity contribution in [2.75, 3.05) is 0 Å². The molecule has 2 aromatic heterocycles. The van der Waals surface area contributed by atoms with Crippen LogP contribution in [0.25, 0.3) is 0 Å². The third kappa shape index (κ3) is 1.90. The number of hydrogen-bond donors (Lipinski definition) is 2. The summed E-state index contributed by atoms with van der Waals surface area (Å²) in [7, 11) is 0. The first-order valence-electron chi connectivity index (χ1n) is 3.78. The predicted octanol–water partition coefficient (Wildman–Crippen LogP) is 0.537. The summed E-state index contributed by atoms with van der Waals surface area (Å²) < 4.78 is 0. The van der Waals surface area contributed by atoms with E-state index in [1.165, 1.54) is 17.5 Å². The molecule has 2 heterocycles. The summed E-state index contributed by atoms with van der Waals surface area (Å²) >= 11 is 1.52. The maximum absolute atomic E-state index is 9.63. The summed E-state index contributed by atoms with van der Waals surface area (Å²) in [4.78, 5) is 4.07. The number of hydrogen-bond acceptors (Lipinski definition) is 5. The minimum atomic E-state index is -0.620. The van der Waals surface area contributed by atoms with Crippen LogP contribution < -0.4 is 0 Å². The lowest BCUT2D eigenvalue weighted by Crippen LogP contribution is -2.01. The summed E-state index contributed by atoms with van der Waals surface area (Å²) in [6.45, 7) is 0. The third-order valence-electron chi connectivity index (χ3n) is 1.63. The van der Waals surface area contributed by atoms with Crippen molar-refractivity contribution in [3.8, 4) is 0 Å². The fourth-order valence-corrected chi connectivity index (χ4v) is 1.65. The number of aromatic amines is 1. The number of aromatic nitrogens is 4. The normalized spacial score (nSPS) is 13.0. The Hall–Kier alpha value is -1.27. The van der Waals surface area contributed by atoms with E-state index in [0.29, 0.717) is 12.1 Å². The number of nitrogens with one attached hydrogen (secondary N) is 1. The summed E-state index contributed by atoms with van der Waals surface area (Å²) in [6, 6.07) is 0. The van der Waals surface area contributed by atoms with Crippen LogP contribution in [0.1, 0.15) is 16.8 Å². The molecule has 68 valence electrons. The summed E-state index contributed by atoms with van der Waals surface area (Å²) in [5.74, 6) is 0. The zero-order valence-electron chi connectivity index (χ0n) is 6.71. The Morgan fingerprint density at radius 3 is 3.15 bits per heavy atom. The molecule has 0 aromatic carbocycles. The first kappa shape index (κ1) is 8.33. The summed E-state index contributed by atoms with van der Waals surface area (Å²) in [6.07, 6.45) is 3.10. The largest absolute Gasteiger partial charge is 0.386 e. The second kappa shape index (κ2) is 3.63. The molecule has 13 heavy (non-hydrogen) atoms. The third-order valence-corrected chi connectivity index (χ3v) is 2.43. The molecule has 5 nitrogen and oxygen atoms in total. The molecule has 6 heteroatoms. The molecule has 0 radical (unpaired) electrons.